The fraction of sp³-hybridized carbons (Fsp3) is 0.760. The summed E-state index contributed by atoms with van der Waals surface area (Å²) < 4.78 is 12.1. The van der Waals surface area contributed by atoms with Crippen LogP contribution < -0.4 is 11.1 Å². The molecule has 3 N–H and O–H groups in total. The molecule has 38 heavy (non-hydrogen) atoms. The number of ether oxygens (including phenoxy) is 2. The van der Waals surface area contributed by atoms with E-state index in [9.17, 15) is 19.2 Å². The summed E-state index contributed by atoms with van der Waals surface area (Å²) in [6.45, 7) is 15.8. The molecule has 1 aliphatic heterocycles. The SMILES string of the molecule is CCC(C)[C@H](NC(=O)OC(C)(C)C)c1cn([C@@H](CC(N)=O)C(=O)N2CCN(C(=O)OC(C)(C)C)CC2)nn1. The van der Waals surface area contributed by atoms with Gasteiger partial charge in [0.05, 0.1) is 18.7 Å². The summed E-state index contributed by atoms with van der Waals surface area (Å²) in [7, 11) is 0. The van der Waals surface area contributed by atoms with Crippen LogP contribution in [0.1, 0.15) is 86.0 Å². The molecule has 13 nitrogen and oxygen atoms in total. The lowest BCUT2D eigenvalue weighted by molar-refractivity contribution is -0.139. The minimum absolute atomic E-state index is 0.0149. The largest absolute Gasteiger partial charge is 0.444 e. The van der Waals surface area contributed by atoms with Crippen LogP contribution in [0.5, 0.6) is 0 Å². The number of aromatic nitrogens is 3. The van der Waals surface area contributed by atoms with Crippen molar-refractivity contribution in [1.29, 1.82) is 0 Å². The molecular formula is C25H43N7O6. The molecule has 2 heterocycles. The second kappa shape index (κ2) is 12.4. The molecule has 13 heteroatoms. The van der Waals surface area contributed by atoms with Crippen molar-refractivity contribution < 1.29 is 28.7 Å². The third kappa shape index (κ3) is 9.18. The maximum atomic E-state index is 13.4. The zero-order valence-electron chi connectivity index (χ0n) is 23.8. The van der Waals surface area contributed by atoms with Crippen molar-refractivity contribution in [3.8, 4) is 0 Å². The van der Waals surface area contributed by atoms with Gasteiger partial charge in [-0.15, -0.1) is 5.10 Å². The van der Waals surface area contributed by atoms with Crippen molar-refractivity contribution in [1.82, 2.24) is 30.1 Å². The minimum atomic E-state index is -1.01. The third-order valence-electron chi connectivity index (χ3n) is 5.97. The van der Waals surface area contributed by atoms with Crippen LogP contribution in [-0.2, 0) is 19.1 Å². The molecule has 214 valence electrons. The van der Waals surface area contributed by atoms with Crippen LogP contribution in [0.15, 0.2) is 6.20 Å². The molecule has 0 spiro atoms. The van der Waals surface area contributed by atoms with E-state index in [2.05, 4.69) is 15.6 Å². The van der Waals surface area contributed by atoms with Crippen LogP contribution >= 0.6 is 0 Å². The van der Waals surface area contributed by atoms with E-state index in [-0.39, 0.29) is 31.3 Å². The number of hydrogen-bond donors (Lipinski definition) is 2. The average Bonchev–Trinajstić information content (AvgIpc) is 3.27. The minimum Gasteiger partial charge on any atom is -0.444 e. The van der Waals surface area contributed by atoms with Crippen LogP contribution in [0, 0.1) is 5.92 Å². The zero-order chi connectivity index (χ0) is 28.8. The molecule has 1 unspecified atom stereocenters. The van der Waals surface area contributed by atoms with E-state index < -0.39 is 41.4 Å². The Morgan fingerprint density at radius 1 is 1.00 bits per heavy atom. The van der Waals surface area contributed by atoms with Gasteiger partial charge in [0, 0.05) is 26.2 Å². The number of nitrogens with two attached hydrogens (primary N) is 1. The molecule has 1 fully saturated rings. The first-order chi connectivity index (χ1) is 17.5. The number of alkyl carbamates (subject to hydrolysis) is 1. The van der Waals surface area contributed by atoms with E-state index in [4.69, 9.17) is 15.2 Å². The van der Waals surface area contributed by atoms with E-state index in [0.29, 0.717) is 18.8 Å². The van der Waals surface area contributed by atoms with Gasteiger partial charge in [0.1, 0.15) is 22.9 Å². The molecule has 3 atom stereocenters. The lowest BCUT2D eigenvalue weighted by atomic mass is 9.97. The highest BCUT2D eigenvalue weighted by Crippen LogP contribution is 2.25. The molecule has 0 radical (unpaired) electrons. The van der Waals surface area contributed by atoms with E-state index in [1.807, 2.05) is 13.8 Å². The normalized spacial score (nSPS) is 16.8. The number of rotatable bonds is 8. The van der Waals surface area contributed by atoms with Crippen molar-refractivity contribution in [3.63, 3.8) is 0 Å². The highest BCUT2D eigenvalue weighted by molar-refractivity contribution is 5.86. The molecule has 1 aromatic heterocycles. The molecule has 0 aromatic carbocycles. The number of primary amides is 1. The third-order valence-corrected chi connectivity index (χ3v) is 5.97. The quantitative estimate of drug-likeness (QED) is 0.511. The molecule has 1 aromatic rings. The standard InChI is InChI=1S/C25H43N7O6/c1-9-16(2)20(27-22(35)37-24(3,4)5)17-15-32(29-28-17)18(14-19(26)33)21(34)30-10-12-31(13-11-30)23(36)38-25(6,7)8/h15-16,18,20H,9-14H2,1-8H3,(H2,26,33)(H,27,35)/t16?,18-,20-/m0/s1. The first-order valence-electron chi connectivity index (χ1n) is 13.0. The van der Waals surface area contributed by atoms with Crippen molar-refractivity contribution in [2.75, 3.05) is 26.2 Å². The number of nitrogens with one attached hydrogen (secondary N) is 1. The van der Waals surface area contributed by atoms with Crippen LogP contribution in [-0.4, -0.2) is 86.2 Å². The number of nitrogens with zero attached hydrogens (tertiary/aromatic N) is 5. The Morgan fingerprint density at radius 3 is 2.05 bits per heavy atom. The first-order valence-corrected chi connectivity index (χ1v) is 13.0. The smallest absolute Gasteiger partial charge is 0.410 e. The van der Waals surface area contributed by atoms with Crippen molar-refractivity contribution in [2.24, 2.45) is 11.7 Å². The van der Waals surface area contributed by atoms with Crippen molar-refractivity contribution >= 4 is 24.0 Å². The summed E-state index contributed by atoms with van der Waals surface area (Å²) in [4.78, 5) is 53.3. The fourth-order valence-electron chi connectivity index (χ4n) is 3.89. The molecule has 0 saturated carbocycles. The van der Waals surface area contributed by atoms with E-state index >= 15 is 0 Å². The summed E-state index contributed by atoms with van der Waals surface area (Å²) in [5, 5.41) is 11.2. The molecule has 1 aliphatic rings. The number of carbonyl (C=O) groups is 4. The van der Waals surface area contributed by atoms with Gasteiger partial charge in [0.2, 0.25) is 11.8 Å². The number of amides is 4. The maximum absolute atomic E-state index is 13.4. The highest BCUT2D eigenvalue weighted by atomic mass is 16.6. The predicted octanol–water partition coefficient (Wildman–Crippen LogP) is 2.39. The van der Waals surface area contributed by atoms with E-state index in [1.165, 1.54) is 4.68 Å². The first kappa shape index (κ1) is 30.8. The van der Waals surface area contributed by atoms with Crippen LogP contribution in [0.4, 0.5) is 9.59 Å². The van der Waals surface area contributed by atoms with E-state index in [1.54, 1.807) is 57.5 Å². The number of hydrogen-bond acceptors (Lipinski definition) is 8. The lowest BCUT2D eigenvalue weighted by Crippen LogP contribution is -2.53. The topological polar surface area (TPSA) is 162 Å². The Bertz CT molecular complexity index is 989. The second-order valence-electron chi connectivity index (χ2n) is 11.6. The lowest BCUT2D eigenvalue weighted by Gasteiger charge is -2.36. The molecule has 0 bridgehead atoms. The van der Waals surface area contributed by atoms with Gasteiger partial charge >= 0.3 is 12.2 Å². The van der Waals surface area contributed by atoms with Gasteiger partial charge in [0.25, 0.3) is 0 Å². The Balaban J connectivity index is 2.19. The molecule has 4 amide bonds. The molecule has 1 saturated heterocycles. The summed E-state index contributed by atoms with van der Waals surface area (Å²) in [5.74, 6) is -1.04. The van der Waals surface area contributed by atoms with Gasteiger partial charge in [-0.25, -0.2) is 14.3 Å². The highest BCUT2D eigenvalue weighted by Gasteiger charge is 2.34. The maximum Gasteiger partial charge on any atom is 0.410 e. The summed E-state index contributed by atoms with van der Waals surface area (Å²) >= 11 is 0. The van der Waals surface area contributed by atoms with Crippen LogP contribution in [0.25, 0.3) is 0 Å². The van der Waals surface area contributed by atoms with Gasteiger partial charge in [-0.2, -0.15) is 0 Å². The van der Waals surface area contributed by atoms with Gasteiger partial charge < -0.3 is 30.3 Å². The Morgan fingerprint density at radius 2 is 1.55 bits per heavy atom. The molecule has 0 aliphatic carbocycles. The predicted molar refractivity (Wildman–Crippen MR) is 139 cm³/mol. The van der Waals surface area contributed by atoms with Crippen molar-refractivity contribution in [3.05, 3.63) is 11.9 Å². The van der Waals surface area contributed by atoms with Crippen molar-refractivity contribution in [2.45, 2.75) is 91.5 Å². The van der Waals surface area contributed by atoms with Gasteiger partial charge in [-0.1, -0.05) is 25.5 Å². The van der Waals surface area contributed by atoms with Gasteiger partial charge in [0.15, 0.2) is 0 Å². The Hall–Kier alpha value is -3.38. The monoisotopic (exact) mass is 537 g/mol. The zero-order valence-corrected chi connectivity index (χ0v) is 23.8. The fourth-order valence-corrected chi connectivity index (χ4v) is 3.89. The van der Waals surface area contributed by atoms with Crippen LogP contribution in [0.2, 0.25) is 0 Å². The second-order valence-corrected chi connectivity index (χ2v) is 11.6. The number of piperazine rings is 1. The van der Waals surface area contributed by atoms with Gasteiger partial charge in [-0.3, -0.25) is 9.59 Å². The van der Waals surface area contributed by atoms with Crippen LogP contribution in [0.3, 0.4) is 0 Å². The average molecular weight is 538 g/mol. The van der Waals surface area contributed by atoms with Gasteiger partial charge in [-0.05, 0) is 47.5 Å². The Labute approximate surface area is 224 Å². The Kier molecular flexibility index (Phi) is 10.1. The summed E-state index contributed by atoms with van der Waals surface area (Å²) in [6, 6.07) is -1.54. The number of carbonyl (C=O) groups excluding carboxylic acids is 4. The summed E-state index contributed by atoms with van der Waals surface area (Å²) in [6.07, 6.45) is 0.981. The molecular weight excluding hydrogens is 494 g/mol. The van der Waals surface area contributed by atoms with E-state index in [0.717, 1.165) is 6.42 Å². The summed E-state index contributed by atoms with van der Waals surface area (Å²) in [5.41, 5.74) is 4.61. The molecule has 2 rings (SSSR count).